The van der Waals surface area contributed by atoms with Gasteiger partial charge in [0.15, 0.2) is 5.78 Å². The molecule has 0 aliphatic carbocycles. The summed E-state index contributed by atoms with van der Waals surface area (Å²) in [7, 11) is 1.50. The number of methoxy groups -OCH3 is 1. The summed E-state index contributed by atoms with van der Waals surface area (Å²) in [5.74, 6) is 0.212. The fourth-order valence-corrected chi connectivity index (χ4v) is 2.40. The zero-order valence-corrected chi connectivity index (χ0v) is 11.0. The number of halogens is 3. The smallest absolute Gasteiger partial charge is 0.180 e. The minimum Gasteiger partial charge on any atom is -0.495 e. The molecule has 0 aromatic heterocycles. The number of ketones is 1. The van der Waals surface area contributed by atoms with Crippen molar-refractivity contribution in [2.75, 3.05) is 13.0 Å². The van der Waals surface area contributed by atoms with Crippen LogP contribution in [0.3, 0.4) is 0 Å². The van der Waals surface area contributed by atoms with Gasteiger partial charge in [0, 0.05) is 3.57 Å². The number of hydrogen-bond donors (Lipinski definition) is 0. The lowest BCUT2D eigenvalue weighted by atomic mass is 10.1. The van der Waals surface area contributed by atoms with E-state index in [4.69, 9.17) is 27.9 Å². The lowest BCUT2D eigenvalue weighted by molar-refractivity contribution is 0.102. The van der Waals surface area contributed by atoms with E-state index in [0.29, 0.717) is 16.3 Å². The van der Waals surface area contributed by atoms with Crippen molar-refractivity contribution >= 4 is 51.6 Å². The van der Waals surface area contributed by atoms with Crippen molar-refractivity contribution in [3.63, 3.8) is 0 Å². The molecule has 0 aliphatic heterocycles. The summed E-state index contributed by atoms with van der Waals surface area (Å²) in [5, 5.41) is 0.324. The molecule has 0 spiro atoms. The summed E-state index contributed by atoms with van der Waals surface area (Å²) < 4.78 is 5.78. The van der Waals surface area contributed by atoms with E-state index in [-0.39, 0.29) is 11.7 Å². The van der Waals surface area contributed by atoms with Gasteiger partial charge in [0.25, 0.3) is 0 Å². The minimum atomic E-state index is -0.194. The number of Topliss-reactive ketones (excluding diaryl/α,β-unsaturated/α-hetero) is 1. The molecule has 1 aromatic rings. The van der Waals surface area contributed by atoms with Crippen molar-refractivity contribution in [2.45, 2.75) is 0 Å². The van der Waals surface area contributed by atoms with Gasteiger partial charge in [0.05, 0.1) is 23.6 Å². The molecule has 14 heavy (non-hydrogen) atoms. The van der Waals surface area contributed by atoms with E-state index < -0.39 is 0 Å². The Balaban J connectivity index is 3.32. The van der Waals surface area contributed by atoms with E-state index in [2.05, 4.69) is 0 Å². The molecule has 0 saturated carbocycles. The van der Waals surface area contributed by atoms with Crippen LogP contribution in [-0.4, -0.2) is 18.8 Å². The molecule has 0 heterocycles. The van der Waals surface area contributed by atoms with Crippen molar-refractivity contribution in [1.82, 2.24) is 0 Å². The monoisotopic (exact) mass is 344 g/mol. The molecule has 0 aliphatic rings. The Morgan fingerprint density at radius 1 is 1.57 bits per heavy atom. The van der Waals surface area contributed by atoms with Crippen LogP contribution in [0.25, 0.3) is 0 Å². The average Bonchev–Trinajstić information content (AvgIpc) is 2.18. The van der Waals surface area contributed by atoms with Crippen molar-refractivity contribution in [3.8, 4) is 5.75 Å². The van der Waals surface area contributed by atoms with Gasteiger partial charge in [-0.25, -0.2) is 0 Å². The molecule has 0 atom stereocenters. The number of alkyl halides is 1. The first-order valence-corrected chi connectivity index (χ1v) is 5.72. The Morgan fingerprint density at radius 3 is 2.71 bits per heavy atom. The van der Waals surface area contributed by atoms with Gasteiger partial charge >= 0.3 is 0 Å². The first-order chi connectivity index (χ1) is 6.61. The lowest BCUT2D eigenvalue weighted by Gasteiger charge is -2.08. The molecule has 76 valence electrons. The van der Waals surface area contributed by atoms with Crippen molar-refractivity contribution < 1.29 is 9.53 Å². The second-order valence-corrected chi connectivity index (χ2v) is 4.30. The Kier molecular flexibility index (Phi) is 4.47. The normalized spacial score (nSPS) is 10.0. The first-order valence-electron chi connectivity index (χ1n) is 3.73. The highest BCUT2D eigenvalue weighted by atomic mass is 127. The summed E-state index contributed by atoms with van der Waals surface area (Å²) in [6, 6.07) is 3.49. The van der Waals surface area contributed by atoms with Crippen molar-refractivity contribution in [1.29, 1.82) is 0 Å². The topological polar surface area (TPSA) is 26.3 Å². The summed E-state index contributed by atoms with van der Waals surface area (Å²) >= 11 is 13.5. The molecule has 2 nitrogen and oxygen atoms in total. The van der Waals surface area contributed by atoms with Crippen molar-refractivity contribution in [2.24, 2.45) is 0 Å². The van der Waals surface area contributed by atoms with E-state index in [0.717, 1.165) is 3.57 Å². The van der Waals surface area contributed by atoms with E-state index in [9.17, 15) is 4.79 Å². The average molecular weight is 345 g/mol. The van der Waals surface area contributed by atoms with Crippen LogP contribution in [0.5, 0.6) is 5.75 Å². The molecule has 0 fully saturated rings. The van der Waals surface area contributed by atoms with Gasteiger partial charge in [-0.05, 0) is 34.7 Å². The van der Waals surface area contributed by atoms with Crippen molar-refractivity contribution in [3.05, 3.63) is 26.3 Å². The number of carbonyl (C=O) groups is 1. The third-order valence-corrected chi connectivity index (χ3v) is 3.19. The van der Waals surface area contributed by atoms with Crippen LogP contribution in [0, 0.1) is 3.57 Å². The summed E-state index contributed by atoms with van der Waals surface area (Å²) in [6.07, 6.45) is 0. The van der Waals surface area contributed by atoms with Crippen LogP contribution in [-0.2, 0) is 0 Å². The third kappa shape index (κ3) is 2.32. The quantitative estimate of drug-likeness (QED) is 0.477. The van der Waals surface area contributed by atoms with Crippen LogP contribution >= 0.6 is 45.8 Å². The predicted molar refractivity (Wildman–Crippen MR) is 65.8 cm³/mol. The van der Waals surface area contributed by atoms with Gasteiger partial charge in [-0.2, -0.15) is 0 Å². The maximum absolute atomic E-state index is 11.4. The molecular formula is C9H7Cl2IO2. The zero-order chi connectivity index (χ0) is 10.7. The summed E-state index contributed by atoms with van der Waals surface area (Å²) in [4.78, 5) is 11.4. The van der Waals surface area contributed by atoms with Gasteiger partial charge in [0.1, 0.15) is 5.75 Å². The number of ether oxygens (including phenoxy) is 1. The van der Waals surface area contributed by atoms with Gasteiger partial charge in [-0.3, -0.25) is 4.79 Å². The third-order valence-electron chi connectivity index (χ3n) is 1.68. The first kappa shape index (κ1) is 12.1. The second kappa shape index (κ2) is 5.19. The maximum atomic E-state index is 11.4. The van der Waals surface area contributed by atoms with Crippen LogP contribution in [0.2, 0.25) is 5.02 Å². The molecule has 1 rings (SSSR count). The van der Waals surface area contributed by atoms with Gasteiger partial charge in [0.2, 0.25) is 0 Å². The Hall–Kier alpha value is -0.000000000000000167. The summed E-state index contributed by atoms with van der Waals surface area (Å²) in [6.45, 7) is 0. The molecule has 0 radical (unpaired) electrons. The Bertz CT molecular complexity index is 366. The van der Waals surface area contributed by atoms with Gasteiger partial charge in [-0.1, -0.05) is 11.6 Å². The fraction of sp³-hybridized carbons (Fsp3) is 0.222. The maximum Gasteiger partial charge on any atom is 0.180 e. The number of hydrogen-bond acceptors (Lipinski definition) is 2. The summed E-state index contributed by atoms with van der Waals surface area (Å²) in [5.41, 5.74) is 0.432. The lowest BCUT2D eigenvalue weighted by Crippen LogP contribution is -2.05. The van der Waals surface area contributed by atoms with Crippen LogP contribution < -0.4 is 4.74 Å². The molecule has 0 N–H and O–H groups in total. The molecule has 0 saturated heterocycles. The standard InChI is InChI=1S/C9H7Cl2IO2/c1-14-7-3-2-5(12)8(9(7)11)6(13)4-10/h2-3H,4H2,1H3. The van der Waals surface area contributed by atoms with E-state index >= 15 is 0 Å². The molecule has 5 heteroatoms. The SMILES string of the molecule is COc1ccc(I)c(C(=O)CCl)c1Cl. The minimum absolute atomic E-state index is 0.0805. The highest BCUT2D eigenvalue weighted by molar-refractivity contribution is 14.1. The highest BCUT2D eigenvalue weighted by Gasteiger charge is 2.16. The number of carbonyl (C=O) groups excluding carboxylic acids is 1. The van der Waals surface area contributed by atoms with Crippen LogP contribution in [0.4, 0.5) is 0 Å². The van der Waals surface area contributed by atoms with Gasteiger partial charge < -0.3 is 4.74 Å². The van der Waals surface area contributed by atoms with Gasteiger partial charge in [-0.15, -0.1) is 11.6 Å². The fourth-order valence-electron chi connectivity index (χ4n) is 1.01. The molecule has 1 aromatic carbocycles. The Labute approximate surface area is 106 Å². The van der Waals surface area contributed by atoms with E-state index in [1.165, 1.54) is 7.11 Å². The highest BCUT2D eigenvalue weighted by Crippen LogP contribution is 2.31. The second-order valence-electron chi connectivity index (χ2n) is 2.50. The molecular weight excluding hydrogens is 338 g/mol. The molecule has 0 unspecified atom stereocenters. The number of rotatable bonds is 3. The zero-order valence-electron chi connectivity index (χ0n) is 7.31. The van der Waals surface area contributed by atoms with E-state index in [1.54, 1.807) is 12.1 Å². The largest absolute Gasteiger partial charge is 0.495 e. The molecule has 0 amide bonds. The van der Waals surface area contributed by atoms with E-state index in [1.807, 2.05) is 22.6 Å². The molecule has 0 bridgehead atoms. The van der Waals surface area contributed by atoms with Crippen LogP contribution in [0.15, 0.2) is 12.1 Å². The Morgan fingerprint density at radius 2 is 2.21 bits per heavy atom. The van der Waals surface area contributed by atoms with Crippen LogP contribution in [0.1, 0.15) is 10.4 Å². The predicted octanol–water partition coefficient (Wildman–Crippen LogP) is 3.37. The number of benzene rings is 1.